The normalized spacial score (nSPS) is 44.4. The molecule has 94 valence electrons. The van der Waals surface area contributed by atoms with Crippen molar-refractivity contribution in [1.82, 2.24) is 0 Å². The molecule has 0 aromatic carbocycles. The quantitative estimate of drug-likeness (QED) is 0.773. The first kappa shape index (κ1) is 12.7. The molecule has 0 atom stereocenters. The van der Waals surface area contributed by atoms with Crippen molar-refractivity contribution in [3.05, 3.63) is 0 Å². The maximum absolute atomic E-state index is 6.20. The van der Waals surface area contributed by atoms with Gasteiger partial charge in [-0.2, -0.15) is 0 Å². The molecule has 4 fully saturated rings. The third kappa shape index (κ3) is 2.25. The van der Waals surface area contributed by atoms with E-state index in [9.17, 15) is 0 Å². The largest absolute Gasteiger partial charge is 0.375 e. The average molecular weight is 246 g/mol. The number of hydrogen-bond donors (Lipinski definition) is 1. The van der Waals surface area contributed by atoms with Gasteiger partial charge in [0.1, 0.15) is 0 Å². The predicted octanol–water partition coefficient (Wildman–Crippen LogP) is 2.74. The van der Waals surface area contributed by atoms with E-state index in [1.54, 1.807) is 0 Å². The molecule has 0 radical (unpaired) electrons. The van der Waals surface area contributed by atoms with Crippen LogP contribution in [0.25, 0.3) is 0 Å². The Hall–Kier alpha value is 0.210. The molecule has 16 heavy (non-hydrogen) atoms. The van der Waals surface area contributed by atoms with Crippen LogP contribution in [0.2, 0.25) is 0 Å². The van der Waals surface area contributed by atoms with E-state index in [0.29, 0.717) is 5.60 Å². The van der Waals surface area contributed by atoms with E-state index in [1.165, 1.54) is 38.5 Å². The van der Waals surface area contributed by atoms with E-state index in [4.69, 9.17) is 10.5 Å². The second-order valence-corrected chi connectivity index (χ2v) is 6.09. The minimum Gasteiger partial charge on any atom is -0.375 e. The molecule has 4 bridgehead atoms. The Balaban J connectivity index is 0.000000963. The Kier molecular flexibility index (Phi) is 3.82. The fourth-order valence-corrected chi connectivity index (χ4v) is 4.58. The molecule has 0 unspecified atom stereocenters. The van der Waals surface area contributed by atoms with Gasteiger partial charge < -0.3 is 10.5 Å². The van der Waals surface area contributed by atoms with E-state index < -0.39 is 0 Å². The van der Waals surface area contributed by atoms with Crippen LogP contribution in [0, 0.1) is 17.8 Å². The first-order valence-electron chi connectivity index (χ1n) is 6.64. The summed E-state index contributed by atoms with van der Waals surface area (Å²) in [7, 11) is 0. The number of hydrogen-bond acceptors (Lipinski definition) is 2. The number of rotatable bonds is 4. The van der Waals surface area contributed by atoms with Gasteiger partial charge in [0.25, 0.3) is 0 Å². The number of ether oxygens (including phenoxy) is 1. The van der Waals surface area contributed by atoms with E-state index in [1.807, 2.05) is 0 Å². The van der Waals surface area contributed by atoms with Crippen molar-refractivity contribution in [2.24, 2.45) is 23.5 Å². The van der Waals surface area contributed by atoms with Crippen LogP contribution in [-0.4, -0.2) is 18.8 Å². The van der Waals surface area contributed by atoms with Crippen molar-refractivity contribution >= 4 is 12.4 Å². The van der Waals surface area contributed by atoms with Crippen LogP contribution < -0.4 is 5.73 Å². The van der Waals surface area contributed by atoms with Gasteiger partial charge in [-0.15, -0.1) is 12.4 Å². The third-order valence-corrected chi connectivity index (χ3v) is 4.74. The zero-order chi connectivity index (χ0) is 10.3. The molecule has 3 heteroatoms. The van der Waals surface area contributed by atoms with Gasteiger partial charge in [0.05, 0.1) is 5.60 Å². The SMILES string of the molecule is Cl.NCCCOC12CC3CC(CC(C3)C1)C2. The summed E-state index contributed by atoms with van der Waals surface area (Å²) in [6.45, 7) is 1.66. The first-order valence-corrected chi connectivity index (χ1v) is 6.64. The molecule has 2 N–H and O–H groups in total. The molecule has 0 spiro atoms. The van der Waals surface area contributed by atoms with E-state index >= 15 is 0 Å². The van der Waals surface area contributed by atoms with Gasteiger partial charge >= 0.3 is 0 Å². The Morgan fingerprint density at radius 2 is 1.50 bits per heavy atom. The van der Waals surface area contributed by atoms with Gasteiger partial charge in [-0.1, -0.05) is 0 Å². The van der Waals surface area contributed by atoms with Gasteiger partial charge in [0.2, 0.25) is 0 Å². The maximum Gasteiger partial charge on any atom is 0.0690 e. The highest BCUT2D eigenvalue weighted by atomic mass is 35.5. The summed E-state index contributed by atoms with van der Waals surface area (Å²) in [5.74, 6) is 2.98. The maximum atomic E-state index is 6.20. The van der Waals surface area contributed by atoms with Crippen molar-refractivity contribution in [1.29, 1.82) is 0 Å². The first-order chi connectivity index (χ1) is 7.30. The van der Waals surface area contributed by atoms with Crippen LogP contribution in [0.15, 0.2) is 0 Å². The Morgan fingerprint density at radius 3 is 1.94 bits per heavy atom. The van der Waals surface area contributed by atoms with Crippen molar-refractivity contribution in [3.8, 4) is 0 Å². The highest BCUT2D eigenvalue weighted by Crippen LogP contribution is 2.57. The summed E-state index contributed by atoms with van der Waals surface area (Å²) in [5, 5.41) is 0. The highest BCUT2D eigenvalue weighted by molar-refractivity contribution is 5.85. The molecule has 4 saturated carbocycles. The second-order valence-electron chi connectivity index (χ2n) is 6.09. The van der Waals surface area contributed by atoms with Crippen LogP contribution in [0.3, 0.4) is 0 Å². The van der Waals surface area contributed by atoms with Crippen LogP contribution in [0.1, 0.15) is 44.9 Å². The van der Waals surface area contributed by atoms with E-state index in [0.717, 1.165) is 37.3 Å². The molecule has 4 aliphatic carbocycles. The molecular formula is C13H24ClNO. The lowest BCUT2D eigenvalue weighted by Crippen LogP contribution is -2.52. The fourth-order valence-electron chi connectivity index (χ4n) is 4.58. The summed E-state index contributed by atoms with van der Waals surface area (Å²) in [6.07, 6.45) is 9.58. The summed E-state index contributed by atoms with van der Waals surface area (Å²) in [5.41, 5.74) is 5.82. The van der Waals surface area contributed by atoms with Gasteiger partial charge in [-0.05, 0) is 69.2 Å². The van der Waals surface area contributed by atoms with Crippen LogP contribution in [0.5, 0.6) is 0 Å². The third-order valence-electron chi connectivity index (χ3n) is 4.74. The van der Waals surface area contributed by atoms with Crippen molar-refractivity contribution in [3.63, 3.8) is 0 Å². The molecule has 0 aromatic heterocycles. The fraction of sp³-hybridized carbons (Fsp3) is 1.00. The minimum absolute atomic E-state index is 0. The topological polar surface area (TPSA) is 35.2 Å². The lowest BCUT2D eigenvalue weighted by atomic mass is 9.54. The van der Waals surface area contributed by atoms with Crippen LogP contribution >= 0.6 is 12.4 Å². The second kappa shape index (κ2) is 4.83. The lowest BCUT2D eigenvalue weighted by Gasteiger charge is -2.56. The summed E-state index contributed by atoms with van der Waals surface area (Å²) < 4.78 is 6.20. The smallest absolute Gasteiger partial charge is 0.0690 e. The monoisotopic (exact) mass is 245 g/mol. The highest BCUT2D eigenvalue weighted by Gasteiger charge is 2.51. The molecule has 0 amide bonds. The number of halogens is 1. The summed E-state index contributed by atoms with van der Waals surface area (Å²) in [6, 6.07) is 0. The minimum atomic E-state index is 0. The van der Waals surface area contributed by atoms with Crippen molar-refractivity contribution in [2.45, 2.75) is 50.5 Å². The Bertz CT molecular complexity index is 209. The molecule has 0 aromatic rings. The zero-order valence-electron chi connectivity index (χ0n) is 9.99. The molecule has 0 heterocycles. The van der Waals surface area contributed by atoms with Crippen molar-refractivity contribution in [2.75, 3.05) is 13.2 Å². The van der Waals surface area contributed by atoms with Crippen molar-refractivity contribution < 1.29 is 4.74 Å². The standard InChI is InChI=1S/C13H23NO.ClH/c14-2-1-3-15-13-7-10-4-11(8-13)6-12(5-10)9-13;/h10-12H,1-9,14H2;1H. The molecule has 2 nitrogen and oxygen atoms in total. The Labute approximate surface area is 105 Å². The van der Waals surface area contributed by atoms with Gasteiger partial charge in [0.15, 0.2) is 0 Å². The molecule has 0 aliphatic heterocycles. The Morgan fingerprint density at radius 1 is 1.00 bits per heavy atom. The molecule has 4 rings (SSSR count). The molecular weight excluding hydrogens is 222 g/mol. The van der Waals surface area contributed by atoms with Gasteiger partial charge in [-0.3, -0.25) is 0 Å². The summed E-state index contributed by atoms with van der Waals surface area (Å²) >= 11 is 0. The van der Waals surface area contributed by atoms with Crippen LogP contribution in [0.4, 0.5) is 0 Å². The molecule has 4 aliphatic rings. The number of nitrogens with two attached hydrogens (primary N) is 1. The summed E-state index contributed by atoms with van der Waals surface area (Å²) in [4.78, 5) is 0. The van der Waals surface area contributed by atoms with E-state index in [2.05, 4.69) is 0 Å². The van der Waals surface area contributed by atoms with E-state index in [-0.39, 0.29) is 12.4 Å². The average Bonchev–Trinajstić information content (AvgIpc) is 2.15. The molecule has 0 saturated heterocycles. The van der Waals surface area contributed by atoms with Crippen LogP contribution in [-0.2, 0) is 4.74 Å². The zero-order valence-corrected chi connectivity index (χ0v) is 10.8. The van der Waals surface area contributed by atoms with Gasteiger partial charge in [-0.25, -0.2) is 0 Å². The predicted molar refractivity (Wildman–Crippen MR) is 67.8 cm³/mol. The lowest BCUT2D eigenvalue weighted by molar-refractivity contribution is -0.162. The van der Waals surface area contributed by atoms with Gasteiger partial charge in [0, 0.05) is 6.61 Å².